The van der Waals surface area contributed by atoms with E-state index in [0.717, 1.165) is 11.0 Å². The lowest BCUT2D eigenvalue weighted by molar-refractivity contribution is 0.0938. The lowest BCUT2D eigenvalue weighted by atomic mass is 10.0. The fourth-order valence-corrected chi connectivity index (χ4v) is 1.66. The highest BCUT2D eigenvalue weighted by Gasteiger charge is 2.11. The molecular weight excluding hydrogens is 202 g/mol. The molecule has 1 N–H and O–H groups in total. The number of carbonyl (C=O) groups excluding carboxylic acids is 1. The highest BCUT2D eigenvalue weighted by atomic mass is 16.3. The van der Waals surface area contributed by atoms with Gasteiger partial charge in [0.1, 0.15) is 5.58 Å². The second-order valence-electron chi connectivity index (χ2n) is 4.14. The van der Waals surface area contributed by atoms with Gasteiger partial charge in [0.15, 0.2) is 5.76 Å². The van der Waals surface area contributed by atoms with Crippen molar-refractivity contribution in [2.45, 2.75) is 19.8 Å². The molecule has 0 atom stereocenters. The Morgan fingerprint density at radius 1 is 1.31 bits per heavy atom. The first-order chi connectivity index (χ1) is 7.61. The number of benzene rings is 1. The first-order valence-electron chi connectivity index (χ1n) is 5.37. The van der Waals surface area contributed by atoms with Crippen LogP contribution in [0.2, 0.25) is 0 Å². The molecule has 0 unspecified atom stereocenters. The minimum atomic E-state index is -0.192. The van der Waals surface area contributed by atoms with Crippen LogP contribution in [-0.2, 0) is 0 Å². The predicted octanol–water partition coefficient (Wildman–Crippen LogP) is 2.92. The fourth-order valence-electron chi connectivity index (χ4n) is 1.66. The summed E-state index contributed by atoms with van der Waals surface area (Å²) in [5.74, 6) is 0.642. The molecule has 0 bridgehead atoms. The van der Waals surface area contributed by atoms with E-state index >= 15 is 0 Å². The number of nitrogens with one attached hydrogen (secondary N) is 1. The van der Waals surface area contributed by atoms with E-state index < -0.39 is 0 Å². The number of rotatable bonds is 2. The first-order valence-corrected chi connectivity index (χ1v) is 5.37. The molecule has 0 radical (unpaired) electrons. The lowest BCUT2D eigenvalue weighted by Gasteiger charge is -2.03. The zero-order valence-corrected chi connectivity index (χ0v) is 9.70. The van der Waals surface area contributed by atoms with E-state index in [-0.39, 0.29) is 5.91 Å². The molecular formula is C13H15NO2. The van der Waals surface area contributed by atoms with E-state index in [4.69, 9.17) is 4.42 Å². The normalized spacial score (nSPS) is 11.0. The molecule has 84 valence electrons. The number of furan rings is 1. The Kier molecular flexibility index (Phi) is 2.69. The minimum absolute atomic E-state index is 0.192. The van der Waals surface area contributed by atoms with Crippen LogP contribution in [-0.4, -0.2) is 13.0 Å². The summed E-state index contributed by atoms with van der Waals surface area (Å²) in [5, 5.41) is 3.52. The zero-order chi connectivity index (χ0) is 11.7. The molecule has 1 aromatic carbocycles. The summed E-state index contributed by atoms with van der Waals surface area (Å²) in [7, 11) is 1.59. The van der Waals surface area contributed by atoms with Crippen molar-refractivity contribution in [3.05, 3.63) is 35.6 Å². The van der Waals surface area contributed by atoms with E-state index in [1.165, 1.54) is 5.56 Å². The van der Waals surface area contributed by atoms with Crippen LogP contribution in [0.5, 0.6) is 0 Å². The van der Waals surface area contributed by atoms with Crippen LogP contribution in [0.15, 0.2) is 28.7 Å². The van der Waals surface area contributed by atoms with Crippen molar-refractivity contribution in [2.75, 3.05) is 7.05 Å². The van der Waals surface area contributed by atoms with Gasteiger partial charge in [0.25, 0.3) is 5.91 Å². The molecule has 1 heterocycles. The van der Waals surface area contributed by atoms with Crippen molar-refractivity contribution >= 4 is 16.9 Å². The Balaban J connectivity index is 2.50. The topological polar surface area (TPSA) is 42.2 Å². The van der Waals surface area contributed by atoms with Crippen molar-refractivity contribution in [1.82, 2.24) is 5.32 Å². The van der Waals surface area contributed by atoms with E-state index in [2.05, 4.69) is 25.2 Å². The van der Waals surface area contributed by atoms with Gasteiger partial charge in [-0.15, -0.1) is 0 Å². The van der Waals surface area contributed by atoms with Gasteiger partial charge in [-0.05, 0) is 29.7 Å². The highest BCUT2D eigenvalue weighted by molar-refractivity contribution is 5.96. The molecule has 2 rings (SSSR count). The number of amides is 1. The Morgan fingerprint density at radius 3 is 2.69 bits per heavy atom. The third-order valence-electron chi connectivity index (χ3n) is 2.66. The number of fused-ring (bicyclic) bond motifs is 1. The maximum atomic E-state index is 11.4. The molecule has 1 aromatic heterocycles. The van der Waals surface area contributed by atoms with Gasteiger partial charge in [0.05, 0.1) is 0 Å². The van der Waals surface area contributed by atoms with Gasteiger partial charge in [0, 0.05) is 12.4 Å². The summed E-state index contributed by atoms with van der Waals surface area (Å²) in [4.78, 5) is 11.4. The van der Waals surface area contributed by atoms with Crippen molar-refractivity contribution in [1.29, 1.82) is 0 Å². The minimum Gasteiger partial charge on any atom is -0.451 e. The third kappa shape index (κ3) is 1.81. The standard InChI is InChI=1S/C13H15NO2/c1-8(2)9-4-5-11-10(6-9)7-12(16-11)13(15)14-3/h4-8H,1-3H3,(H,14,15). The smallest absolute Gasteiger partial charge is 0.286 e. The SMILES string of the molecule is CNC(=O)c1cc2cc(C(C)C)ccc2o1. The zero-order valence-electron chi connectivity index (χ0n) is 9.70. The van der Waals surface area contributed by atoms with Gasteiger partial charge in [-0.1, -0.05) is 19.9 Å². The molecule has 0 fully saturated rings. The van der Waals surface area contributed by atoms with Gasteiger partial charge in [0.2, 0.25) is 0 Å². The monoisotopic (exact) mass is 217 g/mol. The van der Waals surface area contributed by atoms with Crippen LogP contribution in [0.1, 0.15) is 35.9 Å². The van der Waals surface area contributed by atoms with Crippen LogP contribution in [0.3, 0.4) is 0 Å². The largest absolute Gasteiger partial charge is 0.451 e. The molecule has 0 saturated carbocycles. The van der Waals surface area contributed by atoms with Crippen LogP contribution in [0.25, 0.3) is 11.0 Å². The van der Waals surface area contributed by atoms with Crippen molar-refractivity contribution in [2.24, 2.45) is 0 Å². The van der Waals surface area contributed by atoms with Crippen LogP contribution in [0, 0.1) is 0 Å². The average Bonchev–Trinajstić information content (AvgIpc) is 2.70. The summed E-state index contributed by atoms with van der Waals surface area (Å²) < 4.78 is 5.44. The van der Waals surface area contributed by atoms with Crippen molar-refractivity contribution in [3.8, 4) is 0 Å². The summed E-state index contributed by atoms with van der Waals surface area (Å²) in [5.41, 5.74) is 2.00. The maximum absolute atomic E-state index is 11.4. The number of hydrogen-bond donors (Lipinski definition) is 1. The van der Waals surface area contributed by atoms with Gasteiger partial charge in [-0.2, -0.15) is 0 Å². The summed E-state index contributed by atoms with van der Waals surface area (Å²) in [6, 6.07) is 7.79. The first kappa shape index (κ1) is 10.7. The predicted molar refractivity (Wildman–Crippen MR) is 63.7 cm³/mol. The Morgan fingerprint density at radius 2 is 2.06 bits per heavy atom. The maximum Gasteiger partial charge on any atom is 0.286 e. The van der Waals surface area contributed by atoms with Crippen LogP contribution >= 0.6 is 0 Å². The number of carbonyl (C=O) groups is 1. The fraction of sp³-hybridized carbons (Fsp3) is 0.308. The average molecular weight is 217 g/mol. The molecule has 0 spiro atoms. The Labute approximate surface area is 94.4 Å². The molecule has 0 aliphatic carbocycles. The van der Waals surface area contributed by atoms with E-state index in [9.17, 15) is 4.79 Å². The molecule has 3 nitrogen and oxygen atoms in total. The van der Waals surface area contributed by atoms with Crippen LogP contribution in [0.4, 0.5) is 0 Å². The van der Waals surface area contributed by atoms with Gasteiger partial charge in [-0.25, -0.2) is 0 Å². The molecule has 0 aliphatic rings. The molecule has 0 aliphatic heterocycles. The second kappa shape index (κ2) is 4.00. The Hall–Kier alpha value is -1.77. The lowest BCUT2D eigenvalue weighted by Crippen LogP contribution is -2.16. The summed E-state index contributed by atoms with van der Waals surface area (Å²) in [6.07, 6.45) is 0. The molecule has 3 heteroatoms. The Bertz CT molecular complexity index is 526. The van der Waals surface area contributed by atoms with E-state index in [1.54, 1.807) is 13.1 Å². The molecule has 16 heavy (non-hydrogen) atoms. The second-order valence-corrected chi connectivity index (χ2v) is 4.14. The van der Waals surface area contributed by atoms with Gasteiger partial charge < -0.3 is 9.73 Å². The van der Waals surface area contributed by atoms with E-state index in [1.807, 2.05) is 12.1 Å². The summed E-state index contributed by atoms with van der Waals surface area (Å²) in [6.45, 7) is 4.28. The third-order valence-corrected chi connectivity index (χ3v) is 2.66. The van der Waals surface area contributed by atoms with Gasteiger partial charge in [-0.3, -0.25) is 4.79 Å². The highest BCUT2D eigenvalue weighted by Crippen LogP contribution is 2.24. The summed E-state index contributed by atoms with van der Waals surface area (Å²) >= 11 is 0. The van der Waals surface area contributed by atoms with Crippen molar-refractivity contribution < 1.29 is 9.21 Å². The molecule has 0 saturated heterocycles. The molecule has 1 amide bonds. The number of hydrogen-bond acceptors (Lipinski definition) is 2. The molecule has 2 aromatic rings. The quantitative estimate of drug-likeness (QED) is 0.840. The van der Waals surface area contributed by atoms with E-state index in [0.29, 0.717) is 11.7 Å². The van der Waals surface area contributed by atoms with Gasteiger partial charge >= 0.3 is 0 Å². The van der Waals surface area contributed by atoms with Crippen LogP contribution < -0.4 is 5.32 Å². The van der Waals surface area contributed by atoms with Crippen molar-refractivity contribution in [3.63, 3.8) is 0 Å².